The SMILES string of the molecule is COc1c(C(=O)N2CCC[C@H](CCC(=O)O)C2)sc(C)c1Br. The van der Waals surface area contributed by atoms with E-state index in [9.17, 15) is 9.59 Å². The number of rotatable bonds is 5. The van der Waals surface area contributed by atoms with E-state index in [0.29, 0.717) is 23.6 Å². The number of amides is 1. The molecule has 0 saturated carbocycles. The molecule has 2 rings (SSSR count). The van der Waals surface area contributed by atoms with E-state index in [4.69, 9.17) is 9.84 Å². The second-order valence-electron chi connectivity index (χ2n) is 5.53. The molecule has 0 unspecified atom stereocenters. The summed E-state index contributed by atoms with van der Waals surface area (Å²) in [6, 6.07) is 0. The number of thiophene rings is 1. The number of methoxy groups -OCH3 is 1. The number of aryl methyl sites for hydroxylation is 1. The monoisotopic (exact) mass is 389 g/mol. The molecule has 1 aliphatic rings. The first-order chi connectivity index (χ1) is 10.4. The largest absolute Gasteiger partial charge is 0.494 e. The summed E-state index contributed by atoms with van der Waals surface area (Å²) in [5.74, 6) is 0.0723. The molecular formula is C15H20BrNO4S. The van der Waals surface area contributed by atoms with Crippen molar-refractivity contribution in [3.05, 3.63) is 14.2 Å². The van der Waals surface area contributed by atoms with Gasteiger partial charge in [-0.05, 0) is 48.0 Å². The first kappa shape index (κ1) is 17.3. The number of hydrogen-bond donors (Lipinski definition) is 1. The Balaban J connectivity index is 2.09. The number of hydrogen-bond acceptors (Lipinski definition) is 4. The second-order valence-corrected chi connectivity index (χ2v) is 7.54. The topological polar surface area (TPSA) is 66.8 Å². The Bertz CT molecular complexity index is 572. The molecule has 1 amide bonds. The summed E-state index contributed by atoms with van der Waals surface area (Å²) in [5.41, 5.74) is 0. The Morgan fingerprint density at radius 1 is 1.50 bits per heavy atom. The maximum absolute atomic E-state index is 12.7. The molecular weight excluding hydrogens is 370 g/mol. The van der Waals surface area contributed by atoms with E-state index < -0.39 is 5.97 Å². The minimum Gasteiger partial charge on any atom is -0.494 e. The number of piperidine rings is 1. The highest BCUT2D eigenvalue weighted by molar-refractivity contribution is 9.10. The molecule has 122 valence electrons. The zero-order chi connectivity index (χ0) is 16.3. The Labute approximate surface area is 142 Å². The molecule has 22 heavy (non-hydrogen) atoms. The highest BCUT2D eigenvalue weighted by Crippen LogP contribution is 2.40. The van der Waals surface area contributed by atoms with Crippen molar-refractivity contribution in [3.8, 4) is 5.75 Å². The Kier molecular flexibility index (Phi) is 5.86. The first-order valence-electron chi connectivity index (χ1n) is 7.28. The van der Waals surface area contributed by atoms with Gasteiger partial charge in [0.1, 0.15) is 4.88 Å². The Hall–Kier alpha value is -1.08. The number of carboxylic acids is 1. The molecule has 1 fully saturated rings. The van der Waals surface area contributed by atoms with Gasteiger partial charge in [-0.25, -0.2) is 0 Å². The van der Waals surface area contributed by atoms with Crippen molar-refractivity contribution < 1.29 is 19.4 Å². The molecule has 0 aromatic carbocycles. The fraction of sp³-hybridized carbons (Fsp3) is 0.600. The van der Waals surface area contributed by atoms with Gasteiger partial charge in [0.25, 0.3) is 5.91 Å². The molecule has 1 N–H and O–H groups in total. The molecule has 0 radical (unpaired) electrons. The number of halogens is 1. The Morgan fingerprint density at radius 3 is 2.86 bits per heavy atom. The van der Waals surface area contributed by atoms with Crippen LogP contribution in [0.5, 0.6) is 5.75 Å². The van der Waals surface area contributed by atoms with Crippen molar-refractivity contribution in [2.75, 3.05) is 20.2 Å². The fourth-order valence-electron chi connectivity index (χ4n) is 2.78. The van der Waals surface area contributed by atoms with Gasteiger partial charge in [0.05, 0.1) is 11.6 Å². The number of ether oxygens (including phenoxy) is 1. The molecule has 0 spiro atoms. The molecule has 0 aliphatic carbocycles. The highest BCUT2D eigenvalue weighted by atomic mass is 79.9. The average Bonchev–Trinajstić information content (AvgIpc) is 2.79. The summed E-state index contributed by atoms with van der Waals surface area (Å²) < 4.78 is 6.19. The van der Waals surface area contributed by atoms with Crippen LogP contribution in [0.4, 0.5) is 0 Å². The van der Waals surface area contributed by atoms with Crippen LogP contribution in [0.2, 0.25) is 0 Å². The van der Waals surface area contributed by atoms with Crippen molar-refractivity contribution in [3.63, 3.8) is 0 Å². The minimum atomic E-state index is -0.775. The van der Waals surface area contributed by atoms with Crippen molar-refractivity contribution in [1.29, 1.82) is 0 Å². The van der Waals surface area contributed by atoms with E-state index in [1.54, 1.807) is 7.11 Å². The third kappa shape index (κ3) is 3.81. The van der Waals surface area contributed by atoms with E-state index in [2.05, 4.69) is 15.9 Å². The molecule has 1 saturated heterocycles. The lowest BCUT2D eigenvalue weighted by Gasteiger charge is -2.32. The minimum absolute atomic E-state index is 0.0179. The maximum Gasteiger partial charge on any atom is 0.303 e. The number of carbonyl (C=O) groups is 2. The average molecular weight is 390 g/mol. The number of carbonyl (C=O) groups excluding carboxylic acids is 1. The molecule has 1 aromatic heterocycles. The number of likely N-dealkylation sites (tertiary alicyclic amines) is 1. The number of nitrogens with zero attached hydrogens (tertiary/aromatic N) is 1. The molecule has 5 nitrogen and oxygen atoms in total. The second kappa shape index (κ2) is 7.46. The predicted molar refractivity (Wildman–Crippen MR) is 88.8 cm³/mol. The van der Waals surface area contributed by atoms with Crippen LogP contribution >= 0.6 is 27.3 Å². The molecule has 1 aromatic rings. The summed E-state index contributed by atoms with van der Waals surface area (Å²) in [5, 5.41) is 8.80. The van der Waals surface area contributed by atoms with Crippen LogP contribution in [0, 0.1) is 12.8 Å². The van der Waals surface area contributed by atoms with Crippen molar-refractivity contribution >= 4 is 39.1 Å². The first-order valence-corrected chi connectivity index (χ1v) is 8.89. The van der Waals surface area contributed by atoms with Crippen LogP contribution in [0.15, 0.2) is 4.47 Å². The van der Waals surface area contributed by atoms with Crippen molar-refractivity contribution in [2.24, 2.45) is 5.92 Å². The number of carboxylic acid groups (broad SMARTS) is 1. The van der Waals surface area contributed by atoms with Crippen molar-refractivity contribution in [1.82, 2.24) is 4.90 Å². The third-order valence-corrected chi connectivity index (χ3v) is 6.23. The van der Waals surface area contributed by atoms with E-state index in [1.807, 2.05) is 11.8 Å². The summed E-state index contributed by atoms with van der Waals surface area (Å²) in [4.78, 5) is 26.9. The van der Waals surface area contributed by atoms with Gasteiger partial charge in [-0.3, -0.25) is 9.59 Å². The van der Waals surface area contributed by atoms with Crippen LogP contribution in [-0.4, -0.2) is 42.1 Å². The van der Waals surface area contributed by atoms with E-state index in [-0.39, 0.29) is 18.2 Å². The third-order valence-electron chi connectivity index (χ3n) is 3.94. The van der Waals surface area contributed by atoms with Crippen LogP contribution in [0.3, 0.4) is 0 Å². The summed E-state index contributed by atoms with van der Waals surface area (Å²) in [6.07, 6.45) is 2.70. The molecule has 1 aliphatic heterocycles. The highest BCUT2D eigenvalue weighted by Gasteiger charge is 2.29. The Morgan fingerprint density at radius 2 is 2.23 bits per heavy atom. The lowest BCUT2D eigenvalue weighted by atomic mass is 9.93. The molecule has 2 heterocycles. The van der Waals surface area contributed by atoms with E-state index in [1.165, 1.54) is 11.3 Å². The van der Waals surface area contributed by atoms with Gasteiger partial charge in [0.15, 0.2) is 5.75 Å². The smallest absolute Gasteiger partial charge is 0.303 e. The van der Waals surface area contributed by atoms with E-state index >= 15 is 0 Å². The lowest BCUT2D eigenvalue weighted by molar-refractivity contribution is -0.137. The molecule has 1 atom stereocenters. The van der Waals surface area contributed by atoms with Crippen LogP contribution in [-0.2, 0) is 4.79 Å². The van der Waals surface area contributed by atoms with E-state index in [0.717, 1.165) is 28.7 Å². The zero-order valence-electron chi connectivity index (χ0n) is 12.7. The van der Waals surface area contributed by atoms with Crippen molar-refractivity contribution in [2.45, 2.75) is 32.6 Å². The van der Waals surface area contributed by atoms with Gasteiger partial charge >= 0.3 is 5.97 Å². The van der Waals surface area contributed by atoms with Crippen LogP contribution < -0.4 is 4.74 Å². The van der Waals surface area contributed by atoms with Gasteiger partial charge in [0, 0.05) is 24.4 Å². The predicted octanol–water partition coefficient (Wildman–Crippen LogP) is 3.54. The molecule has 7 heteroatoms. The maximum atomic E-state index is 12.7. The quantitative estimate of drug-likeness (QED) is 0.835. The lowest BCUT2D eigenvalue weighted by Crippen LogP contribution is -2.39. The zero-order valence-corrected chi connectivity index (χ0v) is 15.1. The fourth-order valence-corrected chi connectivity index (χ4v) is 4.50. The summed E-state index contributed by atoms with van der Waals surface area (Å²) >= 11 is 4.89. The normalized spacial score (nSPS) is 18.3. The molecule has 0 bridgehead atoms. The standard InChI is InChI=1S/C15H20BrNO4S/c1-9-12(16)13(21-2)14(22-9)15(20)17-7-3-4-10(8-17)5-6-11(18)19/h10H,3-8H2,1-2H3,(H,18,19)/t10-/m1/s1. The van der Waals surface area contributed by atoms with Gasteiger partial charge in [-0.15, -0.1) is 11.3 Å². The van der Waals surface area contributed by atoms with Crippen LogP contribution in [0.25, 0.3) is 0 Å². The van der Waals surface area contributed by atoms with Gasteiger partial charge in [-0.2, -0.15) is 0 Å². The van der Waals surface area contributed by atoms with Crippen LogP contribution in [0.1, 0.15) is 40.2 Å². The van der Waals surface area contributed by atoms with Gasteiger partial charge in [-0.1, -0.05) is 0 Å². The van der Waals surface area contributed by atoms with Gasteiger partial charge in [0.2, 0.25) is 0 Å². The summed E-state index contributed by atoms with van der Waals surface area (Å²) in [7, 11) is 1.56. The number of aliphatic carboxylic acids is 1. The van der Waals surface area contributed by atoms with Gasteiger partial charge < -0.3 is 14.7 Å². The summed E-state index contributed by atoms with van der Waals surface area (Å²) in [6.45, 7) is 3.30.